The van der Waals surface area contributed by atoms with Gasteiger partial charge in [-0.1, -0.05) is 405 Å². The summed E-state index contributed by atoms with van der Waals surface area (Å²) in [7, 11) is -15.5. The van der Waals surface area contributed by atoms with Crippen LogP contribution in [-0.2, 0) is 0 Å². The van der Waals surface area contributed by atoms with Crippen molar-refractivity contribution in [1.29, 1.82) is 0 Å². The maximum Gasteiger partial charge on any atom is 0.0535 e. The SMILES string of the molecule is C[Si](C)(C)CCC[Si](CCC[Si](C)(C)C)(CCC[Si](C)(C)C)CCC[Si](CCCS)(CCC[Si](CCC[Si](C)(C)C)(CCC[Si](C)(C)C)CCC[Si](C)(C)C)CCC[Si](CCC[Si](C)(C)C)(CCC[Si](C)(C)C)CCC[Si](C)(C)C. The van der Waals surface area contributed by atoms with Crippen molar-refractivity contribution in [3.8, 4) is 0 Å². The van der Waals surface area contributed by atoms with E-state index in [1.54, 1.807) is 228 Å². The third-order valence-corrected chi connectivity index (χ3v) is 59.4. The highest BCUT2D eigenvalue weighted by Gasteiger charge is 2.41. The van der Waals surface area contributed by atoms with Gasteiger partial charge in [-0.05, 0) is 12.2 Å². The molecule has 0 atom stereocenters. The molecular weight excluding hydrogens is 1190 g/mol. The Morgan fingerprint density at radius 1 is 0.138 bits per heavy atom. The van der Waals surface area contributed by atoms with Crippen molar-refractivity contribution in [3.63, 3.8) is 0 Å². The van der Waals surface area contributed by atoms with Crippen molar-refractivity contribution in [2.45, 2.75) is 411 Å². The fraction of sp³-hybridized carbons (Fsp3) is 1.00. The zero-order valence-electron chi connectivity index (χ0n) is 61.5. The minimum absolute atomic E-state index is 1.07. The average Bonchev–Trinajstić information content (AvgIpc) is 3.21. The highest BCUT2D eigenvalue weighted by Crippen LogP contribution is 2.45. The lowest BCUT2D eigenvalue weighted by molar-refractivity contribution is 0.821. The summed E-state index contributed by atoms with van der Waals surface area (Å²) in [6.45, 7) is 72.3. The Morgan fingerprint density at radius 3 is 0.312 bits per heavy atom. The van der Waals surface area contributed by atoms with Crippen LogP contribution in [0.5, 0.6) is 0 Å². The molecule has 0 rings (SSSR count). The van der Waals surface area contributed by atoms with E-state index in [1.807, 2.05) is 0 Å². The molecule has 0 saturated carbocycles. The van der Waals surface area contributed by atoms with Crippen molar-refractivity contribution >= 4 is 118 Å². The zero-order chi connectivity index (χ0) is 62.1. The predicted molar refractivity (Wildman–Crippen MR) is 427 cm³/mol. The zero-order valence-corrected chi connectivity index (χ0v) is 75.4. The van der Waals surface area contributed by atoms with E-state index in [-0.39, 0.29) is 0 Å². The Hall–Kier alpha value is 3.17. The van der Waals surface area contributed by atoms with Gasteiger partial charge >= 0.3 is 0 Å². The first-order chi connectivity index (χ1) is 36.0. The second-order valence-corrected chi connectivity index (χ2v) is 111. The second-order valence-electron chi connectivity index (χ2n) is 40.1. The van der Waals surface area contributed by atoms with E-state index in [0.717, 1.165) is 5.75 Å². The molecular formula is C66H160SSi13. The first-order valence-corrected chi connectivity index (χ1v) is 81.0. The van der Waals surface area contributed by atoms with Crippen LogP contribution in [-0.4, -0.2) is 111 Å². The summed E-state index contributed by atoms with van der Waals surface area (Å²) in [5, 5.41) is 0. The molecule has 14 heteroatoms. The van der Waals surface area contributed by atoms with Crippen LogP contribution in [0.2, 0.25) is 328 Å². The molecule has 0 nitrogen and oxygen atoms in total. The van der Waals surface area contributed by atoms with Gasteiger partial charge in [0, 0.05) is 72.7 Å². The molecule has 0 aromatic carbocycles. The monoisotopic (exact) mass is 1350 g/mol. The van der Waals surface area contributed by atoms with E-state index < -0.39 is 105 Å². The Balaban J connectivity index is 8.00. The summed E-state index contributed by atoms with van der Waals surface area (Å²) in [4.78, 5) is 0. The van der Waals surface area contributed by atoms with Crippen molar-refractivity contribution in [1.82, 2.24) is 0 Å². The highest BCUT2D eigenvalue weighted by molar-refractivity contribution is 7.80. The van der Waals surface area contributed by atoms with E-state index in [0.29, 0.717) is 0 Å². The molecule has 0 spiro atoms. The van der Waals surface area contributed by atoms with Crippen LogP contribution in [0.25, 0.3) is 0 Å². The third kappa shape index (κ3) is 48.1. The third-order valence-electron chi connectivity index (χ3n) is 19.8. The minimum Gasteiger partial charge on any atom is -0.179 e. The van der Waals surface area contributed by atoms with Gasteiger partial charge in [0.2, 0.25) is 0 Å². The van der Waals surface area contributed by atoms with Gasteiger partial charge in [-0.25, -0.2) is 0 Å². The lowest BCUT2D eigenvalue weighted by atomic mass is 10.5. The summed E-state index contributed by atoms with van der Waals surface area (Å²) in [5.41, 5.74) is 0. The van der Waals surface area contributed by atoms with Gasteiger partial charge < -0.3 is 0 Å². The van der Waals surface area contributed by atoms with Crippen LogP contribution in [0.4, 0.5) is 0 Å². The number of hydrogen-bond donors (Lipinski definition) is 1. The molecule has 0 heterocycles. The molecule has 0 saturated heterocycles. The molecule has 0 radical (unpaired) electrons. The van der Waals surface area contributed by atoms with Crippen molar-refractivity contribution in [2.75, 3.05) is 5.75 Å². The Labute approximate surface area is 530 Å². The quantitative estimate of drug-likeness (QED) is 0.0455. The summed E-state index contributed by atoms with van der Waals surface area (Å²) in [6.07, 6.45) is 20.5. The van der Waals surface area contributed by atoms with Gasteiger partial charge in [0.05, 0.1) is 32.3 Å². The molecule has 0 unspecified atom stereocenters. The molecule has 0 aliphatic rings. The van der Waals surface area contributed by atoms with Crippen molar-refractivity contribution < 1.29 is 0 Å². The molecule has 0 N–H and O–H groups in total. The minimum atomic E-state index is -1.59. The second kappa shape index (κ2) is 37.5. The van der Waals surface area contributed by atoms with E-state index >= 15 is 0 Å². The van der Waals surface area contributed by atoms with Gasteiger partial charge in [-0.3, -0.25) is 0 Å². The topological polar surface area (TPSA) is 0 Å². The summed E-state index contributed by atoms with van der Waals surface area (Å²) >= 11 is 5.17. The molecule has 0 fully saturated rings. The number of thiol groups is 1. The Morgan fingerprint density at radius 2 is 0.225 bits per heavy atom. The van der Waals surface area contributed by atoms with Crippen LogP contribution in [0.1, 0.15) is 83.5 Å². The molecule has 80 heavy (non-hydrogen) atoms. The first kappa shape index (κ1) is 83.2. The van der Waals surface area contributed by atoms with Gasteiger partial charge in [0.15, 0.2) is 0 Å². The van der Waals surface area contributed by atoms with Crippen LogP contribution in [0, 0.1) is 0 Å². The fourth-order valence-electron chi connectivity index (χ4n) is 14.9. The summed E-state index contributed by atoms with van der Waals surface area (Å²) < 4.78 is 0. The standard InChI is InChI=1S/C66H160SSi13/c1-68(2,3)42-29-52-78(53-30-43-69(4,5)6,54-31-44-70(7,8)9)64-38-61-77(51-28-41-67,62-39-65-79(55-32-45-71(10,11)12,56-33-46-72(13,14)15)57-34-47-73(16,17)18)63-40-66-80(58-35-48-74(19,20)21,59-36-49-75(22,23)24)60-37-50-76(25,26)27/h67H,28-66H2,1-27H3. The van der Waals surface area contributed by atoms with Crippen LogP contribution < -0.4 is 0 Å². The van der Waals surface area contributed by atoms with Crippen LogP contribution in [0.3, 0.4) is 0 Å². The van der Waals surface area contributed by atoms with E-state index in [2.05, 4.69) is 177 Å². The van der Waals surface area contributed by atoms with Crippen molar-refractivity contribution in [2.24, 2.45) is 0 Å². The smallest absolute Gasteiger partial charge is 0.0535 e. The average molecular weight is 1350 g/mol. The fourth-order valence-corrected chi connectivity index (χ4v) is 51.6. The van der Waals surface area contributed by atoms with E-state index in [9.17, 15) is 0 Å². The largest absolute Gasteiger partial charge is 0.179 e. The molecule has 0 bridgehead atoms. The van der Waals surface area contributed by atoms with Crippen LogP contribution >= 0.6 is 12.6 Å². The first-order valence-electron chi connectivity index (χ1n) is 35.7. The summed E-state index contributed by atoms with van der Waals surface area (Å²) in [6, 6.07) is 41.1. The van der Waals surface area contributed by atoms with E-state index in [4.69, 9.17) is 12.6 Å². The number of hydrogen-bond acceptors (Lipinski definition) is 1. The lowest BCUT2D eigenvalue weighted by Crippen LogP contribution is -2.40. The van der Waals surface area contributed by atoms with Gasteiger partial charge in [-0.15, -0.1) is 0 Å². The molecule has 0 aliphatic heterocycles. The molecule has 0 aromatic heterocycles. The normalized spacial score (nSPS) is 14.7. The maximum atomic E-state index is 5.17. The highest BCUT2D eigenvalue weighted by atomic mass is 32.1. The summed E-state index contributed by atoms with van der Waals surface area (Å²) in [5.74, 6) is 1.13. The van der Waals surface area contributed by atoms with Gasteiger partial charge in [0.25, 0.3) is 0 Å². The van der Waals surface area contributed by atoms with Gasteiger partial charge in [-0.2, -0.15) is 12.6 Å². The van der Waals surface area contributed by atoms with Crippen LogP contribution in [0.15, 0.2) is 0 Å². The van der Waals surface area contributed by atoms with Crippen molar-refractivity contribution in [3.05, 3.63) is 0 Å². The predicted octanol–water partition coefficient (Wildman–Crippen LogP) is 27.8. The molecule has 0 aliphatic carbocycles. The molecule has 0 aromatic rings. The Bertz CT molecular complexity index is 1240. The lowest BCUT2D eigenvalue weighted by Gasteiger charge is -2.40. The van der Waals surface area contributed by atoms with E-state index in [1.165, 1.54) is 6.42 Å². The molecule has 0 amide bonds. The van der Waals surface area contributed by atoms with Gasteiger partial charge in [0.1, 0.15) is 0 Å². The Kier molecular flexibility index (Phi) is 39.0. The maximum absolute atomic E-state index is 5.17. The number of rotatable bonds is 51. The molecule has 482 valence electrons.